The van der Waals surface area contributed by atoms with Crippen LogP contribution in [0.1, 0.15) is 0 Å². The van der Waals surface area contributed by atoms with E-state index in [2.05, 4.69) is 14.8 Å². The maximum absolute atomic E-state index is 9.13. The second-order valence-corrected chi connectivity index (χ2v) is 8.42. The fourth-order valence-corrected chi connectivity index (χ4v) is 5.21. The van der Waals surface area contributed by atoms with Crippen molar-refractivity contribution < 1.29 is 0 Å². The number of rotatable bonds is 0. The molecule has 136 valence electrons. The molecule has 0 atom stereocenters. The second kappa shape index (κ2) is 6.62. The summed E-state index contributed by atoms with van der Waals surface area (Å²) in [5.41, 5.74) is 1.50. The average Bonchev–Trinajstić information content (AvgIpc) is 3.35. The largest absolute Gasteiger partial charge is 0.296 e. The zero-order valence-corrected chi connectivity index (χ0v) is 16.6. The van der Waals surface area contributed by atoms with Crippen molar-refractivity contribution in [3.05, 3.63) is 57.1 Å². The molecule has 0 saturated carbocycles. The molecule has 0 bridgehead atoms. The zero-order chi connectivity index (χ0) is 20.8. The molecule has 0 saturated heterocycles. The third-order valence-corrected chi connectivity index (χ3v) is 6.77. The Hall–Kier alpha value is -4.34. The summed E-state index contributed by atoms with van der Waals surface area (Å²) >= 11 is 2.65. The van der Waals surface area contributed by atoms with E-state index in [0.717, 1.165) is 42.0 Å². The van der Waals surface area contributed by atoms with Crippen molar-refractivity contribution in [2.45, 2.75) is 0 Å². The predicted octanol–water partition coefficient (Wildman–Crippen LogP) is 3.96. The van der Waals surface area contributed by atoms with Gasteiger partial charge in [-0.1, -0.05) is 12.1 Å². The first kappa shape index (κ1) is 17.7. The highest BCUT2D eigenvalue weighted by Gasteiger charge is 2.10. The molecule has 0 fully saturated rings. The maximum Gasteiger partial charge on any atom is 0.296 e. The summed E-state index contributed by atoms with van der Waals surface area (Å²) in [6.07, 6.45) is 0. The van der Waals surface area contributed by atoms with Crippen molar-refractivity contribution in [1.29, 1.82) is 15.8 Å². The number of nitrogens with zero attached hydrogens (tertiary/aromatic N) is 6. The van der Waals surface area contributed by atoms with Crippen LogP contribution in [-0.2, 0) is 0 Å². The molecule has 0 aliphatic rings. The third-order valence-electron chi connectivity index (χ3n) is 4.71. The lowest BCUT2D eigenvalue weighted by Gasteiger charge is -2.04. The summed E-state index contributed by atoms with van der Waals surface area (Å²) in [5, 5.41) is 31.4. The van der Waals surface area contributed by atoms with Gasteiger partial charge in [-0.3, -0.25) is 0 Å². The first-order valence-electron chi connectivity index (χ1n) is 8.55. The molecule has 5 aromatic rings. The minimum absolute atomic E-state index is 0.00775. The molecule has 30 heavy (non-hydrogen) atoms. The Morgan fingerprint density at radius 2 is 1.33 bits per heavy atom. The summed E-state index contributed by atoms with van der Waals surface area (Å²) < 4.78 is 2.64. The summed E-state index contributed by atoms with van der Waals surface area (Å²) in [6.45, 7) is 7.15. The van der Waals surface area contributed by atoms with Crippen LogP contribution in [0.3, 0.4) is 0 Å². The van der Waals surface area contributed by atoms with Crippen molar-refractivity contribution in [2.75, 3.05) is 0 Å². The molecule has 0 aliphatic carbocycles. The molecule has 0 spiro atoms. The van der Waals surface area contributed by atoms with E-state index in [-0.39, 0.29) is 11.3 Å². The molecule has 6 nitrogen and oxygen atoms in total. The van der Waals surface area contributed by atoms with Gasteiger partial charge < -0.3 is 0 Å². The van der Waals surface area contributed by atoms with Crippen molar-refractivity contribution in [1.82, 2.24) is 9.97 Å². The van der Waals surface area contributed by atoms with Crippen molar-refractivity contribution in [3.8, 4) is 18.2 Å². The van der Waals surface area contributed by atoms with E-state index in [1.165, 1.54) is 22.7 Å². The van der Waals surface area contributed by atoms with Crippen LogP contribution < -0.4 is 9.33 Å². The number of aromatic nitrogens is 2. The van der Waals surface area contributed by atoms with Gasteiger partial charge in [0.25, 0.3) is 5.70 Å². The van der Waals surface area contributed by atoms with Crippen molar-refractivity contribution in [3.63, 3.8) is 0 Å². The Labute approximate surface area is 176 Å². The van der Waals surface area contributed by atoms with Gasteiger partial charge in [-0.2, -0.15) is 10.5 Å². The fraction of sp³-hybridized carbons (Fsp3) is 0. The fourth-order valence-electron chi connectivity index (χ4n) is 3.35. The molecule has 0 radical (unpaired) electrons. The summed E-state index contributed by atoms with van der Waals surface area (Å²) in [4.78, 5) is 12.1. The zero-order valence-electron chi connectivity index (χ0n) is 15.0. The van der Waals surface area contributed by atoms with Gasteiger partial charge in [-0.25, -0.2) is 20.1 Å². The molecular weight excluding hydrogens is 412 g/mol. The van der Waals surface area contributed by atoms with E-state index < -0.39 is 0 Å². The first-order valence-corrected chi connectivity index (χ1v) is 10.2. The Kier molecular flexibility index (Phi) is 3.91. The maximum atomic E-state index is 9.13. The van der Waals surface area contributed by atoms with E-state index in [1.54, 1.807) is 0 Å². The molecule has 0 aliphatic heterocycles. The lowest BCUT2D eigenvalue weighted by molar-refractivity contribution is 1.40. The monoisotopic (exact) mass is 418 g/mol. The average molecular weight is 418 g/mol. The quantitative estimate of drug-likeness (QED) is 0.280. The number of fused-ring (bicyclic) bond motifs is 5. The second-order valence-electron chi connectivity index (χ2n) is 6.36. The smallest absolute Gasteiger partial charge is 0.248 e. The summed E-state index contributed by atoms with van der Waals surface area (Å²) in [6, 6.07) is 17.7. The molecule has 0 unspecified atom stereocenters. The molecule has 5 rings (SSSR count). The van der Waals surface area contributed by atoms with Crippen LogP contribution in [0.2, 0.25) is 0 Å². The van der Waals surface area contributed by atoms with E-state index in [1.807, 2.05) is 54.6 Å². The van der Waals surface area contributed by atoms with E-state index in [9.17, 15) is 0 Å². The third kappa shape index (κ3) is 2.58. The highest BCUT2D eigenvalue weighted by Crippen LogP contribution is 2.32. The van der Waals surface area contributed by atoms with Crippen LogP contribution in [0.15, 0.2) is 36.4 Å². The minimum Gasteiger partial charge on any atom is -0.248 e. The Balaban J connectivity index is 1.88. The Morgan fingerprint density at radius 1 is 0.800 bits per heavy atom. The van der Waals surface area contributed by atoms with Gasteiger partial charge in [0.1, 0.15) is 21.5 Å². The lowest BCUT2D eigenvalue weighted by Crippen LogP contribution is -2.00. The highest BCUT2D eigenvalue weighted by atomic mass is 32.1. The van der Waals surface area contributed by atoms with Crippen LogP contribution in [0, 0.1) is 40.6 Å². The Bertz CT molecular complexity index is 1680. The van der Waals surface area contributed by atoms with Gasteiger partial charge in [-0.05, 0) is 45.8 Å². The topological polar surface area (TPSA) is 102 Å². The van der Waals surface area contributed by atoms with Gasteiger partial charge in [0.2, 0.25) is 0 Å². The van der Waals surface area contributed by atoms with Crippen LogP contribution >= 0.6 is 22.7 Å². The first-order chi connectivity index (χ1) is 14.6. The van der Waals surface area contributed by atoms with Crippen molar-refractivity contribution in [2.24, 2.45) is 0 Å². The van der Waals surface area contributed by atoms with E-state index in [4.69, 9.17) is 22.4 Å². The molecule has 0 N–H and O–H groups in total. The number of nitriles is 3. The molecule has 0 amide bonds. The highest BCUT2D eigenvalue weighted by molar-refractivity contribution is 7.17. The Morgan fingerprint density at radius 3 is 1.83 bits per heavy atom. The van der Waals surface area contributed by atoms with Gasteiger partial charge in [-0.15, -0.1) is 22.7 Å². The van der Waals surface area contributed by atoms with Crippen LogP contribution in [-0.4, -0.2) is 9.97 Å². The van der Waals surface area contributed by atoms with E-state index in [0.29, 0.717) is 9.33 Å². The number of hydrogen-bond donors (Lipinski definition) is 0. The minimum atomic E-state index is -0.00829. The van der Waals surface area contributed by atoms with Gasteiger partial charge in [0.05, 0.1) is 33.1 Å². The molecular formula is C22H6N6S2. The molecule has 2 heterocycles. The van der Waals surface area contributed by atoms with Gasteiger partial charge in [0.15, 0.2) is 5.57 Å². The van der Waals surface area contributed by atoms with Crippen molar-refractivity contribution >= 4 is 75.9 Å². The van der Waals surface area contributed by atoms with Gasteiger partial charge >= 0.3 is 0 Å². The van der Waals surface area contributed by atoms with Crippen LogP contribution in [0.4, 0.5) is 0 Å². The van der Waals surface area contributed by atoms with Gasteiger partial charge in [0, 0.05) is 0 Å². The SMILES string of the molecule is [C-]#[N+]/C(C#N)=c1\nc2cc3ccc4cc5nc(=C(C#N)C#N)sc5cc4c3cc2s1. The standard InChI is InChI=1S/C22H6N6S2/c1-26-18(10-25)22-28-17-5-12-3-2-11-4-16-19(29-21(27-16)13(8-23)9-24)6-14(11)15(12)7-20(17)30-22/h2-7H/b22-18+. The number of hydrogen-bond acceptors (Lipinski definition) is 7. The molecule has 8 heteroatoms. The lowest BCUT2D eigenvalue weighted by atomic mass is 10.0. The molecule has 2 aromatic heterocycles. The molecule has 3 aromatic carbocycles. The number of thiazole rings is 2. The predicted molar refractivity (Wildman–Crippen MR) is 117 cm³/mol. The summed E-state index contributed by atoms with van der Waals surface area (Å²) in [5.74, 6) is 0. The van der Waals surface area contributed by atoms with E-state index >= 15 is 0 Å². The van der Waals surface area contributed by atoms with Crippen LogP contribution in [0.5, 0.6) is 0 Å². The number of benzene rings is 3. The van der Waals surface area contributed by atoms with Crippen LogP contribution in [0.25, 0.3) is 58.1 Å². The normalized spacial score (nSPS) is 11.7. The summed E-state index contributed by atoms with van der Waals surface area (Å²) in [7, 11) is 0.